The minimum Gasteiger partial charge on any atom is -0.508 e. The first-order chi connectivity index (χ1) is 14.1. The van der Waals surface area contributed by atoms with Gasteiger partial charge in [-0.2, -0.15) is 5.10 Å². The van der Waals surface area contributed by atoms with Gasteiger partial charge < -0.3 is 10.2 Å². The molecule has 3 aromatic rings. The third kappa shape index (κ3) is 3.22. The Morgan fingerprint density at radius 2 is 1.87 bits per heavy atom. The minimum absolute atomic E-state index is 0.00886. The third-order valence-electron chi connectivity index (χ3n) is 5.25. The number of benzene rings is 2. The van der Waals surface area contributed by atoms with E-state index in [0.717, 1.165) is 11.8 Å². The standard InChI is InChI=1S/C20H22N4O5S/c1-11(2)14-9-15(18(26)10-17(14)25)19-21-22-20(27)24(19)13-4-5-16-12(8-13)6-7-23(16)30(3,28)29/h4-5,8-11,25-26H,6-7H2,1-3H3,(H,22,27). The third-order valence-corrected chi connectivity index (χ3v) is 6.43. The van der Waals surface area contributed by atoms with Gasteiger partial charge in [0.2, 0.25) is 10.0 Å². The maximum absolute atomic E-state index is 12.5. The molecule has 3 N–H and O–H groups in total. The fraction of sp³-hybridized carbons (Fsp3) is 0.300. The van der Waals surface area contributed by atoms with Crippen molar-refractivity contribution in [3.63, 3.8) is 0 Å². The molecule has 0 radical (unpaired) electrons. The number of hydrogen-bond acceptors (Lipinski definition) is 6. The molecule has 2 heterocycles. The number of sulfonamides is 1. The van der Waals surface area contributed by atoms with E-state index in [2.05, 4.69) is 10.2 Å². The highest BCUT2D eigenvalue weighted by Gasteiger charge is 2.27. The monoisotopic (exact) mass is 430 g/mol. The number of rotatable bonds is 4. The van der Waals surface area contributed by atoms with Crippen LogP contribution in [0.3, 0.4) is 0 Å². The van der Waals surface area contributed by atoms with Crippen LogP contribution in [0.2, 0.25) is 0 Å². The summed E-state index contributed by atoms with van der Waals surface area (Å²) in [5.74, 6) is -0.0570. The number of fused-ring (bicyclic) bond motifs is 1. The Hall–Kier alpha value is -3.27. The summed E-state index contributed by atoms with van der Waals surface area (Å²) >= 11 is 0. The van der Waals surface area contributed by atoms with Crippen molar-refractivity contribution in [2.24, 2.45) is 0 Å². The molecule has 4 rings (SSSR count). The van der Waals surface area contributed by atoms with Gasteiger partial charge in [-0.3, -0.25) is 4.31 Å². The highest BCUT2D eigenvalue weighted by atomic mass is 32.2. The SMILES string of the molecule is CC(C)c1cc(-c2n[nH]c(=O)n2-c2ccc3c(c2)CCN3S(C)(=O)=O)c(O)cc1O. The molecular formula is C20H22N4O5S. The highest BCUT2D eigenvalue weighted by molar-refractivity contribution is 7.92. The zero-order valence-corrected chi connectivity index (χ0v) is 17.6. The second kappa shape index (κ2) is 6.91. The van der Waals surface area contributed by atoms with Gasteiger partial charge in [0.05, 0.1) is 23.2 Å². The van der Waals surface area contributed by atoms with Crippen LogP contribution in [0.25, 0.3) is 17.1 Å². The zero-order chi connectivity index (χ0) is 21.8. The molecule has 1 aliphatic heterocycles. The van der Waals surface area contributed by atoms with E-state index in [1.54, 1.807) is 24.3 Å². The number of phenols is 2. The average molecular weight is 430 g/mol. The first-order valence-electron chi connectivity index (χ1n) is 9.42. The van der Waals surface area contributed by atoms with Crippen molar-refractivity contribution >= 4 is 15.7 Å². The number of hydrogen-bond donors (Lipinski definition) is 3. The lowest BCUT2D eigenvalue weighted by Gasteiger charge is -2.17. The van der Waals surface area contributed by atoms with E-state index in [-0.39, 0.29) is 23.2 Å². The van der Waals surface area contributed by atoms with Gasteiger partial charge in [0.1, 0.15) is 11.5 Å². The topological polar surface area (TPSA) is 129 Å². The van der Waals surface area contributed by atoms with E-state index in [1.165, 1.54) is 14.9 Å². The predicted octanol–water partition coefficient (Wildman–Crippen LogP) is 2.08. The van der Waals surface area contributed by atoms with Gasteiger partial charge in [-0.15, -0.1) is 0 Å². The van der Waals surface area contributed by atoms with E-state index in [4.69, 9.17) is 0 Å². The summed E-state index contributed by atoms with van der Waals surface area (Å²) in [4.78, 5) is 12.5. The highest BCUT2D eigenvalue weighted by Crippen LogP contribution is 2.38. The molecule has 30 heavy (non-hydrogen) atoms. The van der Waals surface area contributed by atoms with Crippen molar-refractivity contribution < 1.29 is 18.6 Å². The second-order valence-electron chi connectivity index (χ2n) is 7.67. The molecule has 0 amide bonds. The molecule has 0 atom stereocenters. The van der Waals surface area contributed by atoms with E-state index in [9.17, 15) is 23.4 Å². The van der Waals surface area contributed by atoms with Gasteiger partial charge in [-0.1, -0.05) is 13.8 Å². The molecule has 0 unspecified atom stereocenters. The molecule has 10 heteroatoms. The molecule has 0 fully saturated rings. The van der Waals surface area contributed by atoms with E-state index >= 15 is 0 Å². The van der Waals surface area contributed by atoms with Crippen LogP contribution in [0.1, 0.15) is 30.9 Å². The molecule has 1 aliphatic rings. The molecule has 0 spiro atoms. The summed E-state index contributed by atoms with van der Waals surface area (Å²) in [6, 6.07) is 7.91. The van der Waals surface area contributed by atoms with Gasteiger partial charge in [-0.05, 0) is 47.7 Å². The zero-order valence-electron chi connectivity index (χ0n) is 16.7. The Labute approximate surface area is 173 Å². The molecule has 0 bridgehead atoms. The second-order valence-corrected chi connectivity index (χ2v) is 9.58. The van der Waals surface area contributed by atoms with Crippen molar-refractivity contribution in [1.29, 1.82) is 0 Å². The van der Waals surface area contributed by atoms with Crippen LogP contribution in [0.15, 0.2) is 35.1 Å². The van der Waals surface area contributed by atoms with Gasteiger partial charge in [0, 0.05) is 12.6 Å². The lowest BCUT2D eigenvalue weighted by Crippen LogP contribution is -2.27. The number of nitrogens with zero attached hydrogens (tertiary/aromatic N) is 3. The Morgan fingerprint density at radius 3 is 2.53 bits per heavy atom. The minimum atomic E-state index is -3.38. The lowest BCUT2D eigenvalue weighted by molar-refractivity contribution is 0.444. The fourth-order valence-electron chi connectivity index (χ4n) is 3.79. The van der Waals surface area contributed by atoms with E-state index in [0.29, 0.717) is 35.5 Å². The van der Waals surface area contributed by atoms with E-state index in [1.807, 2.05) is 13.8 Å². The Balaban J connectivity index is 1.86. The maximum atomic E-state index is 12.5. The normalized spacial score (nSPS) is 13.8. The van der Waals surface area contributed by atoms with Crippen LogP contribution in [0, 0.1) is 0 Å². The van der Waals surface area contributed by atoms with Crippen LogP contribution in [-0.4, -0.2) is 46.2 Å². The number of phenolic OH excluding ortho intramolecular Hbond substituents is 2. The molecule has 0 saturated carbocycles. The van der Waals surface area contributed by atoms with Crippen molar-refractivity contribution in [2.75, 3.05) is 17.1 Å². The summed E-state index contributed by atoms with van der Waals surface area (Å²) in [6.07, 6.45) is 1.69. The van der Waals surface area contributed by atoms with Crippen LogP contribution in [0.4, 0.5) is 5.69 Å². The van der Waals surface area contributed by atoms with Gasteiger partial charge >= 0.3 is 5.69 Å². The molecule has 9 nitrogen and oxygen atoms in total. The van der Waals surface area contributed by atoms with Crippen LogP contribution in [0.5, 0.6) is 11.5 Å². The van der Waals surface area contributed by atoms with Crippen molar-refractivity contribution in [1.82, 2.24) is 14.8 Å². The summed E-state index contributed by atoms with van der Waals surface area (Å²) in [5.41, 5.74) is 2.30. The molecule has 0 aliphatic carbocycles. The molecule has 2 aromatic carbocycles. The Morgan fingerprint density at radius 1 is 1.13 bits per heavy atom. The predicted molar refractivity (Wildman–Crippen MR) is 113 cm³/mol. The summed E-state index contributed by atoms with van der Waals surface area (Å²) < 4.78 is 26.6. The number of aromatic nitrogens is 3. The van der Waals surface area contributed by atoms with Crippen LogP contribution < -0.4 is 9.99 Å². The van der Waals surface area contributed by atoms with E-state index < -0.39 is 15.7 Å². The average Bonchev–Trinajstić information content (AvgIpc) is 3.24. The summed E-state index contributed by atoms with van der Waals surface area (Å²) in [7, 11) is -3.38. The molecular weight excluding hydrogens is 408 g/mol. The van der Waals surface area contributed by atoms with Gasteiger partial charge in [0.15, 0.2) is 5.82 Å². The number of aromatic hydroxyl groups is 2. The lowest BCUT2D eigenvalue weighted by atomic mass is 9.98. The number of aromatic amines is 1. The Kier molecular flexibility index (Phi) is 4.61. The van der Waals surface area contributed by atoms with Crippen LogP contribution in [-0.2, 0) is 16.4 Å². The molecule has 158 valence electrons. The summed E-state index contributed by atoms with van der Waals surface area (Å²) in [6.45, 7) is 4.16. The van der Waals surface area contributed by atoms with Crippen molar-refractivity contribution in [2.45, 2.75) is 26.2 Å². The molecule has 0 saturated heterocycles. The quantitative estimate of drug-likeness (QED) is 0.581. The van der Waals surface area contributed by atoms with Crippen molar-refractivity contribution in [3.8, 4) is 28.6 Å². The maximum Gasteiger partial charge on any atom is 0.348 e. The largest absolute Gasteiger partial charge is 0.508 e. The van der Waals surface area contributed by atoms with Gasteiger partial charge in [0.25, 0.3) is 0 Å². The first-order valence-corrected chi connectivity index (χ1v) is 11.3. The summed E-state index contributed by atoms with van der Waals surface area (Å²) in [5, 5.41) is 27.0. The number of H-pyrrole nitrogens is 1. The first kappa shape index (κ1) is 20.0. The number of nitrogens with one attached hydrogen (secondary N) is 1. The van der Waals surface area contributed by atoms with Crippen LogP contribution >= 0.6 is 0 Å². The Bertz CT molecular complexity index is 1310. The number of anilines is 1. The smallest absolute Gasteiger partial charge is 0.348 e. The fourth-order valence-corrected chi connectivity index (χ4v) is 4.75. The molecule has 1 aromatic heterocycles. The van der Waals surface area contributed by atoms with Crippen molar-refractivity contribution in [3.05, 3.63) is 51.9 Å². The van der Waals surface area contributed by atoms with Gasteiger partial charge in [-0.25, -0.2) is 22.9 Å².